The molecule has 128 valence electrons. The molecule has 0 radical (unpaired) electrons. The van der Waals surface area contributed by atoms with E-state index in [1.807, 2.05) is 6.07 Å². The van der Waals surface area contributed by atoms with Gasteiger partial charge in [0.2, 0.25) is 5.91 Å². The van der Waals surface area contributed by atoms with Crippen molar-refractivity contribution >= 4 is 32.7 Å². The molecule has 5 heteroatoms. The zero-order valence-electron chi connectivity index (χ0n) is 13.6. The fourth-order valence-corrected chi connectivity index (χ4v) is 3.97. The number of hydrogen-bond acceptors (Lipinski definition) is 1. The normalized spacial score (nSPS) is 16.6. The number of hydrogen-bond donors (Lipinski definition) is 2. The van der Waals surface area contributed by atoms with Crippen molar-refractivity contribution < 1.29 is 9.18 Å². The van der Waals surface area contributed by atoms with Gasteiger partial charge in [0.25, 0.3) is 0 Å². The first kappa shape index (κ1) is 16.3. The number of benzene rings is 2. The van der Waals surface area contributed by atoms with Crippen molar-refractivity contribution in [1.82, 2.24) is 10.3 Å². The smallest absolute Gasteiger partial charge is 0.224 e. The zero-order chi connectivity index (χ0) is 17.4. The second kappa shape index (κ2) is 6.64. The number of aromatic nitrogens is 1. The van der Waals surface area contributed by atoms with Crippen molar-refractivity contribution in [3.8, 4) is 0 Å². The van der Waals surface area contributed by atoms with Gasteiger partial charge in [0.1, 0.15) is 5.82 Å². The quantitative estimate of drug-likeness (QED) is 0.676. The van der Waals surface area contributed by atoms with Gasteiger partial charge in [0, 0.05) is 27.1 Å². The van der Waals surface area contributed by atoms with Crippen LogP contribution in [-0.2, 0) is 24.1 Å². The minimum Gasteiger partial charge on any atom is -0.358 e. The van der Waals surface area contributed by atoms with E-state index in [1.165, 1.54) is 22.7 Å². The first-order valence-electron chi connectivity index (χ1n) is 8.42. The number of halogens is 2. The van der Waals surface area contributed by atoms with E-state index in [0.717, 1.165) is 29.3 Å². The molecule has 1 heterocycles. The molecule has 3 aromatic rings. The SMILES string of the molecule is O=C(Cc1ccccc1F)N[C@@H]1CCc2[nH]c3ccc(Br)cc3c2C1. The van der Waals surface area contributed by atoms with Crippen molar-refractivity contribution in [1.29, 1.82) is 0 Å². The summed E-state index contributed by atoms with van der Waals surface area (Å²) in [6, 6.07) is 12.7. The van der Waals surface area contributed by atoms with Crippen molar-refractivity contribution in [3.63, 3.8) is 0 Å². The molecule has 1 aromatic heterocycles. The summed E-state index contributed by atoms with van der Waals surface area (Å²) in [5.74, 6) is -0.454. The predicted octanol–water partition coefficient (Wildman–Crippen LogP) is 4.29. The molecule has 2 aromatic carbocycles. The van der Waals surface area contributed by atoms with Crippen molar-refractivity contribution in [2.24, 2.45) is 0 Å². The number of amides is 1. The van der Waals surface area contributed by atoms with Gasteiger partial charge in [0.05, 0.1) is 6.42 Å². The molecule has 0 saturated carbocycles. The summed E-state index contributed by atoms with van der Waals surface area (Å²) >= 11 is 3.53. The molecule has 0 spiro atoms. The Balaban J connectivity index is 1.49. The van der Waals surface area contributed by atoms with Gasteiger partial charge in [-0.05, 0) is 54.7 Å². The van der Waals surface area contributed by atoms with Gasteiger partial charge < -0.3 is 10.3 Å². The second-order valence-corrected chi connectivity index (χ2v) is 7.46. The maximum absolute atomic E-state index is 13.7. The molecule has 0 saturated heterocycles. The van der Waals surface area contributed by atoms with E-state index in [-0.39, 0.29) is 24.2 Å². The highest BCUT2D eigenvalue weighted by molar-refractivity contribution is 9.10. The molecular formula is C20H18BrFN2O. The van der Waals surface area contributed by atoms with Crippen molar-refractivity contribution in [3.05, 3.63) is 69.6 Å². The van der Waals surface area contributed by atoms with Crippen LogP contribution in [0.15, 0.2) is 46.9 Å². The van der Waals surface area contributed by atoms with E-state index < -0.39 is 0 Å². The molecule has 3 nitrogen and oxygen atoms in total. The Morgan fingerprint density at radius 3 is 2.96 bits per heavy atom. The molecule has 0 aliphatic heterocycles. The van der Waals surface area contributed by atoms with E-state index in [9.17, 15) is 9.18 Å². The van der Waals surface area contributed by atoms with Gasteiger partial charge in [-0.3, -0.25) is 4.79 Å². The Morgan fingerprint density at radius 2 is 2.12 bits per heavy atom. The van der Waals surface area contributed by atoms with Gasteiger partial charge in [-0.1, -0.05) is 34.1 Å². The van der Waals surface area contributed by atoms with Crippen LogP contribution in [0.1, 0.15) is 23.2 Å². The average molecular weight is 401 g/mol. The highest BCUT2D eigenvalue weighted by atomic mass is 79.9. The van der Waals surface area contributed by atoms with Crippen LogP contribution >= 0.6 is 15.9 Å². The number of rotatable bonds is 3. The van der Waals surface area contributed by atoms with Crippen LogP contribution in [-0.4, -0.2) is 16.9 Å². The van der Waals surface area contributed by atoms with Crippen LogP contribution in [0, 0.1) is 5.82 Å². The summed E-state index contributed by atoms with van der Waals surface area (Å²) < 4.78 is 14.8. The maximum atomic E-state index is 13.7. The monoisotopic (exact) mass is 400 g/mol. The lowest BCUT2D eigenvalue weighted by Crippen LogP contribution is -2.39. The van der Waals surface area contributed by atoms with Gasteiger partial charge in [-0.2, -0.15) is 0 Å². The Labute approximate surface area is 153 Å². The summed E-state index contributed by atoms with van der Waals surface area (Å²) in [6.07, 6.45) is 2.68. The third kappa shape index (κ3) is 3.33. The summed E-state index contributed by atoms with van der Waals surface area (Å²) in [7, 11) is 0. The lowest BCUT2D eigenvalue weighted by atomic mass is 9.91. The molecule has 0 fully saturated rings. The van der Waals surface area contributed by atoms with Crippen LogP contribution in [0.3, 0.4) is 0 Å². The highest BCUT2D eigenvalue weighted by Gasteiger charge is 2.24. The van der Waals surface area contributed by atoms with E-state index >= 15 is 0 Å². The molecule has 4 rings (SSSR count). The minimum atomic E-state index is -0.329. The van der Waals surface area contributed by atoms with Crippen molar-refractivity contribution in [2.45, 2.75) is 31.7 Å². The topological polar surface area (TPSA) is 44.9 Å². The summed E-state index contributed by atoms with van der Waals surface area (Å²) in [6.45, 7) is 0. The number of nitrogens with one attached hydrogen (secondary N) is 2. The number of H-pyrrole nitrogens is 1. The molecular weight excluding hydrogens is 383 g/mol. The molecule has 0 bridgehead atoms. The molecule has 1 amide bonds. The third-order valence-electron chi connectivity index (χ3n) is 4.82. The van der Waals surface area contributed by atoms with Crippen LogP contribution in [0.2, 0.25) is 0 Å². The summed E-state index contributed by atoms with van der Waals surface area (Å²) in [4.78, 5) is 15.8. The van der Waals surface area contributed by atoms with Gasteiger partial charge >= 0.3 is 0 Å². The largest absolute Gasteiger partial charge is 0.358 e. The van der Waals surface area contributed by atoms with Crippen LogP contribution in [0.5, 0.6) is 0 Å². The number of aromatic amines is 1. The molecule has 0 unspecified atom stereocenters. The van der Waals surface area contributed by atoms with Gasteiger partial charge in [0.15, 0.2) is 0 Å². The molecule has 1 aliphatic carbocycles. The summed E-state index contributed by atoms with van der Waals surface area (Å²) in [5, 5.41) is 4.28. The van der Waals surface area contributed by atoms with Crippen LogP contribution in [0.25, 0.3) is 10.9 Å². The second-order valence-electron chi connectivity index (χ2n) is 6.55. The predicted molar refractivity (Wildman–Crippen MR) is 100 cm³/mol. The Kier molecular flexibility index (Phi) is 4.34. The lowest BCUT2D eigenvalue weighted by molar-refractivity contribution is -0.121. The van der Waals surface area contributed by atoms with E-state index in [2.05, 4.69) is 38.4 Å². The first-order valence-corrected chi connectivity index (χ1v) is 9.21. The maximum Gasteiger partial charge on any atom is 0.224 e. The Hall–Kier alpha value is -2.14. The number of carbonyl (C=O) groups excluding carboxylic acids is 1. The van der Waals surface area contributed by atoms with Gasteiger partial charge in [-0.25, -0.2) is 4.39 Å². The van der Waals surface area contributed by atoms with Crippen LogP contribution < -0.4 is 5.32 Å². The standard InChI is InChI=1S/C20H18BrFN2O/c21-13-5-7-18-15(10-13)16-11-14(6-8-19(16)24-18)23-20(25)9-12-3-1-2-4-17(12)22/h1-5,7,10,14,24H,6,8-9,11H2,(H,23,25)/t14-/m1/s1. The van der Waals surface area contributed by atoms with E-state index in [4.69, 9.17) is 0 Å². The first-order chi connectivity index (χ1) is 12.1. The van der Waals surface area contributed by atoms with E-state index in [1.54, 1.807) is 18.2 Å². The number of aryl methyl sites for hydroxylation is 1. The Bertz CT molecular complexity index is 950. The fourth-order valence-electron chi connectivity index (χ4n) is 3.61. The lowest BCUT2D eigenvalue weighted by Gasteiger charge is -2.23. The van der Waals surface area contributed by atoms with E-state index in [0.29, 0.717) is 5.56 Å². The molecule has 1 atom stereocenters. The molecule has 1 aliphatic rings. The zero-order valence-corrected chi connectivity index (χ0v) is 15.2. The Morgan fingerprint density at radius 1 is 1.28 bits per heavy atom. The third-order valence-corrected chi connectivity index (χ3v) is 5.32. The molecule has 25 heavy (non-hydrogen) atoms. The fraction of sp³-hybridized carbons (Fsp3) is 0.250. The van der Waals surface area contributed by atoms with Crippen LogP contribution in [0.4, 0.5) is 4.39 Å². The number of fused-ring (bicyclic) bond motifs is 3. The average Bonchev–Trinajstić information content (AvgIpc) is 2.94. The number of carbonyl (C=O) groups is 1. The van der Waals surface area contributed by atoms with Gasteiger partial charge in [-0.15, -0.1) is 0 Å². The molecule has 2 N–H and O–H groups in total. The highest BCUT2D eigenvalue weighted by Crippen LogP contribution is 2.31. The summed E-state index contributed by atoms with van der Waals surface area (Å²) in [5.41, 5.74) is 4.10. The van der Waals surface area contributed by atoms with Crippen molar-refractivity contribution in [2.75, 3.05) is 0 Å². The minimum absolute atomic E-state index is 0.0788.